The second-order valence-electron chi connectivity index (χ2n) is 8.82. The predicted octanol–water partition coefficient (Wildman–Crippen LogP) is 2.42. The number of benzene rings is 1. The van der Waals surface area contributed by atoms with Crippen molar-refractivity contribution < 1.29 is 14.4 Å². The SMILES string of the molecule is O=C(CN1C(=O)N[C@@]2(CCc3ccccc32)C1=O)N1CC[C@H]2CCCC[C@@H]2C1. The van der Waals surface area contributed by atoms with Crippen LogP contribution in [-0.2, 0) is 21.5 Å². The molecule has 1 aromatic carbocycles. The largest absolute Gasteiger partial charge is 0.341 e. The minimum absolute atomic E-state index is 0.101. The average molecular weight is 381 g/mol. The molecule has 5 rings (SSSR count). The third-order valence-electron chi connectivity index (χ3n) is 7.36. The van der Waals surface area contributed by atoms with Gasteiger partial charge >= 0.3 is 6.03 Å². The summed E-state index contributed by atoms with van der Waals surface area (Å²) in [6, 6.07) is 7.33. The number of imide groups is 1. The molecule has 1 N–H and O–H groups in total. The van der Waals surface area contributed by atoms with Crippen molar-refractivity contribution in [2.24, 2.45) is 11.8 Å². The van der Waals surface area contributed by atoms with Crippen LogP contribution in [0.2, 0.25) is 0 Å². The predicted molar refractivity (Wildman–Crippen MR) is 103 cm³/mol. The van der Waals surface area contributed by atoms with Crippen molar-refractivity contribution in [1.29, 1.82) is 0 Å². The molecule has 1 aromatic rings. The lowest BCUT2D eigenvalue weighted by atomic mass is 9.75. The Morgan fingerprint density at radius 1 is 1.11 bits per heavy atom. The molecule has 28 heavy (non-hydrogen) atoms. The zero-order chi connectivity index (χ0) is 19.3. The molecule has 3 fully saturated rings. The normalized spacial score (nSPS) is 31.7. The minimum atomic E-state index is -0.982. The summed E-state index contributed by atoms with van der Waals surface area (Å²) in [5.74, 6) is 0.953. The molecule has 2 heterocycles. The Labute approximate surface area is 165 Å². The van der Waals surface area contributed by atoms with Crippen molar-refractivity contribution in [1.82, 2.24) is 15.1 Å². The Bertz CT molecular complexity index is 838. The average Bonchev–Trinajstić information content (AvgIpc) is 3.21. The summed E-state index contributed by atoms with van der Waals surface area (Å²) in [5, 5.41) is 2.91. The van der Waals surface area contributed by atoms with E-state index in [0.717, 1.165) is 47.9 Å². The van der Waals surface area contributed by atoms with Gasteiger partial charge in [-0.2, -0.15) is 0 Å². The van der Waals surface area contributed by atoms with Crippen molar-refractivity contribution in [2.75, 3.05) is 19.6 Å². The number of fused-ring (bicyclic) bond motifs is 3. The molecule has 2 aliphatic carbocycles. The van der Waals surface area contributed by atoms with E-state index in [4.69, 9.17) is 0 Å². The number of nitrogens with zero attached hydrogens (tertiary/aromatic N) is 2. The maximum absolute atomic E-state index is 13.2. The molecule has 6 heteroatoms. The summed E-state index contributed by atoms with van der Waals surface area (Å²) in [6.07, 6.45) is 7.40. The molecule has 0 radical (unpaired) electrons. The lowest BCUT2D eigenvalue weighted by Crippen LogP contribution is -2.49. The van der Waals surface area contributed by atoms with Crippen LogP contribution in [0.4, 0.5) is 4.79 Å². The fourth-order valence-corrected chi connectivity index (χ4v) is 5.80. The monoisotopic (exact) mass is 381 g/mol. The highest BCUT2D eigenvalue weighted by Crippen LogP contribution is 2.41. The number of aryl methyl sites for hydroxylation is 1. The van der Waals surface area contributed by atoms with Crippen LogP contribution < -0.4 is 5.32 Å². The van der Waals surface area contributed by atoms with Gasteiger partial charge in [-0.3, -0.25) is 14.5 Å². The van der Waals surface area contributed by atoms with Crippen LogP contribution in [0.15, 0.2) is 24.3 Å². The van der Waals surface area contributed by atoms with Crippen LogP contribution in [0.3, 0.4) is 0 Å². The molecule has 1 spiro atoms. The Morgan fingerprint density at radius 3 is 2.75 bits per heavy atom. The minimum Gasteiger partial charge on any atom is -0.341 e. The Hall–Kier alpha value is -2.37. The number of nitrogens with one attached hydrogen (secondary N) is 1. The van der Waals surface area contributed by atoms with Gasteiger partial charge in [-0.25, -0.2) is 4.79 Å². The first-order chi connectivity index (χ1) is 13.6. The maximum Gasteiger partial charge on any atom is 0.325 e. The summed E-state index contributed by atoms with van der Waals surface area (Å²) < 4.78 is 0. The lowest BCUT2D eigenvalue weighted by Gasteiger charge is -2.41. The molecule has 2 aliphatic heterocycles. The fourth-order valence-electron chi connectivity index (χ4n) is 5.80. The number of amides is 4. The van der Waals surface area contributed by atoms with Crippen molar-refractivity contribution in [2.45, 2.75) is 50.5 Å². The summed E-state index contributed by atoms with van der Waals surface area (Å²) in [7, 11) is 0. The van der Waals surface area contributed by atoms with E-state index in [0.29, 0.717) is 12.3 Å². The summed E-state index contributed by atoms with van der Waals surface area (Å²) in [5.41, 5.74) is 1.000. The first kappa shape index (κ1) is 17.7. The van der Waals surface area contributed by atoms with Gasteiger partial charge in [0.1, 0.15) is 12.1 Å². The smallest absolute Gasteiger partial charge is 0.325 e. The molecule has 2 saturated heterocycles. The molecule has 4 amide bonds. The number of urea groups is 1. The molecule has 3 atom stereocenters. The van der Waals surface area contributed by atoms with Crippen molar-refractivity contribution in [3.05, 3.63) is 35.4 Å². The molecule has 1 saturated carbocycles. The van der Waals surface area contributed by atoms with Crippen molar-refractivity contribution in [3.63, 3.8) is 0 Å². The van der Waals surface area contributed by atoms with E-state index >= 15 is 0 Å². The van der Waals surface area contributed by atoms with Crippen LogP contribution in [0, 0.1) is 11.8 Å². The van der Waals surface area contributed by atoms with E-state index in [1.54, 1.807) is 0 Å². The van der Waals surface area contributed by atoms with Crippen LogP contribution in [0.1, 0.15) is 49.7 Å². The summed E-state index contributed by atoms with van der Waals surface area (Å²) in [4.78, 5) is 41.8. The second-order valence-corrected chi connectivity index (χ2v) is 8.82. The van der Waals surface area contributed by atoms with E-state index in [9.17, 15) is 14.4 Å². The molecule has 148 valence electrons. The standard InChI is InChI=1S/C22H27N3O3/c26-19(24-12-10-15-5-1-2-7-17(15)13-24)14-25-20(27)22(23-21(25)28)11-9-16-6-3-4-8-18(16)22/h3-4,6,8,15,17H,1-2,5,7,9-14H2,(H,23,28)/t15-,17-,22-/m1/s1. The third-order valence-corrected chi connectivity index (χ3v) is 7.36. The third kappa shape index (κ3) is 2.65. The van der Waals surface area contributed by atoms with Gasteiger partial charge in [-0.1, -0.05) is 43.5 Å². The van der Waals surface area contributed by atoms with Gasteiger partial charge < -0.3 is 10.2 Å². The number of rotatable bonds is 2. The Morgan fingerprint density at radius 2 is 1.89 bits per heavy atom. The first-order valence-electron chi connectivity index (χ1n) is 10.6. The molecular weight excluding hydrogens is 354 g/mol. The molecular formula is C22H27N3O3. The van der Waals surface area contributed by atoms with Gasteiger partial charge in [0.15, 0.2) is 0 Å². The van der Waals surface area contributed by atoms with Crippen LogP contribution in [0.5, 0.6) is 0 Å². The fraction of sp³-hybridized carbons (Fsp3) is 0.591. The number of likely N-dealkylation sites (tertiary alicyclic amines) is 1. The second kappa shape index (κ2) is 6.61. The van der Waals surface area contributed by atoms with E-state index < -0.39 is 11.6 Å². The highest BCUT2D eigenvalue weighted by molar-refractivity contribution is 6.09. The van der Waals surface area contributed by atoms with Gasteiger partial charge in [0.2, 0.25) is 5.91 Å². The Balaban J connectivity index is 1.30. The van der Waals surface area contributed by atoms with Gasteiger partial charge in [0, 0.05) is 13.1 Å². The van der Waals surface area contributed by atoms with E-state index in [-0.39, 0.29) is 18.4 Å². The first-order valence-corrected chi connectivity index (χ1v) is 10.6. The van der Waals surface area contributed by atoms with Gasteiger partial charge in [-0.15, -0.1) is 0 Å². The van der Waals surface area contributed by atoms with E-state index in [1.807, 2.05) is 29.2 Å². The molecule has 0 aromatic heterocycles. The zero-order valence-corrected chi connectivity index (χ0v) is 16.2. The molecule has 6 nitrogen and oxygen atoms in total. The van der Waals surface area contributed by atoms with E-state index in [2.05, 4.69) is 5.32 Å². The lowest BCUT2D eigenvalue weighted by molar-refractivity contribution is -0.141. The molecule has 4 aliphatic rings. The van der Waals surface area contributed by atoms with E-state index in [1.165, 1.54) is 25.7 Å². The van der Waals surface area contributed by atoms with Crippen LogP contribution >= 0.6 is 0 Å². The number of piperidine rings is 1. The number of carbonyl (C=O) groups is 3. The Kier molecular flexibility index (Phi) is 4.18. The number of hydrogen-bond donors (Lipinski definition) is 1. The van der Waals surface area contributed by atoms with Gasteiger partial charge in [-0.05, 0) is 48.6 Å². The van der Waals surface area contributed by atoms with Crippen LogP contribution in [-0.4, -0.2) is 47.3 Å². The highest BCUT2D eigenvalue weighted by atomic mass is 16.2. The van der Waals surface area contributed by atoms with Gasteiger partial charge in [0.25, 0.3) is 5.91 Å². The maximum atomic E-state index is 13.2. The zero-order valence-electron chi connectivity index (χ0n) is 16.2. The summed E-state index contributed by atoms with van der Waals surface area (Å²) in [6.45, 7) is 1.38. The number of hydrogen-bond acceptors (Lipinski definition) is 3. The van der Waals surface area contributed by atoms with Gasteiger partial charge in [0.05, 0.1) is 0 Å². The van der Waals surface area contributed by atoms with Crippen molar-refractivity contribution in [3.8, 4) is 0 Å². The molecule has 0 unspecified atom stereocenters. The van der Waals surface area contributed by atoms with Crippen molar-refractivity contribution >= 4 is 17.8 Å². The topological polar surface area (TPSA) is 69.7 Å². The molecule has 0 bridgehead atoms. The number of carbonyl (C=O) groups excluding carboxylic acids is 3. The highest BCUT2D eigenvalue weighted by Gasteiger charge is 2.55. The summed E-state index contributed by atoms with van der Waals surface area (Å²) >= 11 is 0. The van der Waals surface area contributed by atoms with Crippen LogP contribution in [0.25, 0.3) is 0 Å². The quantitative estimate of drug-likeness (QED) is 0.800.